The average molecular weight is 284 g/mol. The fourth-order valence-corrected chi connectivity index (χ4v) is 2.43. The topological polar surface area (TPSA) is 91.4 Å². The second-order valence-electron chi connectivity index (χ2n) is 5.26. The molecule has 2 atom stereocenters. The molecule has 6 nitrogen and oxygen atoms in total. The third-order valence-corrected chi connectivity index (χ3v) is 3.48. The maximum Gasteiger partial charge on any atom is 0.220 e. The zero-order valence-electron chi connectivity index (χ0n) is 12.7. The predicted molar refractivity (Wildman–Crippen MR) is 79.3 cm³/mol. The molecule has 1 aliphatic rings. The molecule has 1 aliphatic heterocycles. The maximum atomic E-state index is 11.8. The highest BCUT2D eigenvalue weighted by Crippen LogP contribution is 2.19. The molecule has 1 saturated heterocycles. The Bertz CT molecular complexity index is 322. The molecule has 6 heteroatoms. The Hall–Kier alpha value is -1.30. The van der Waals surface area contributed by atoms with E-state index in [9.17, 15) is 4.79 Å². The Morgan fingerprint density at radius 3 is 2.80 bits per heavy atom. The first kappa shape index (κ1) is 16.8. The van der Waals surface area contributed by atoms with E-state index < -0.39 is 0 Å². The van der Waals surface area contributed by atoms with E-state index in [0.29, 0.717) is 19.6 Å². The number of amides is 1. The number of carbonyl (C=O) groups excluding carboxylic acids is 1. The highest BCUT2D eigenvalue weighted by atomic mass is 16.5. The molecule has 0 bridgehead atoms. The van der Waals surface area contributed by atoms with Crippen molar-refractivity contribution in [3.8, 4) is 0 Å². The number of likely N-dealkylation sites (tertiary alicyclic amines) is 1. The number of hydrogen-bond donors (Lipinski definition) is 3. The summed E-state index contributed by atoms with van der Waals surface area (Å²) in [6.45, 7) is 5.43. The van der Waals surface area contributed by atoms with Crippen molar-refractivity contribution >= 4 is 11.9 Å². The van der Waals surface area contributed by atoms with Crippen LogP contribution in [0.4, 0.5) is 0 Å². The summed E-state index contributed by atoms with van der Waals surface area (Å²) in [5.41, 5.74) is 5.63. The van der Waals surface area contributed by atoms with E-state index in [2.05, 4.69) is 12.2 Å². The molecule has 0 aromatic rings. The molecule has 0 aliphatic carbocycles. The number of guanidine groups is 1. The first-order chi connectivity index (χ1) is 9.60. The van der Waals surface area contributed by atoms with Gasteiger partial charge in [0.1, 0.15) is 0 Å². The molecule has 1 fully saturated rings. The number of hydrogen-bond acceptors (Lipinski definition) is 3. The van der Waals surface area contributed by atoms with Crippen molar-refractivity contribution in [1.82, 2.24) is 10.2 Å². The van der Waals surface area contributed by atoms with Crippen LogP contribution >= 0.6 is 0 Å². The molecule has 0 radical (unpaired) electrons. The largest absolute Gasteiger partial charge is 0.370 e. The first-order valence-electron chi connectivity index (χ1n) is 7.61. The third-order valence-electron chi connectivity index (χ3n) is 3.48. The monoisotopic (exact) mass is 284 g/mol. The number of ether oxygens (including phenoxy) is 1. The lowest BCUT2D eigenvalue weighted by Crippen LogP contribution is -2.59. The van der Waals surface area contributed by atoms with E-state index in [1.54, 1.807) is 4.90 Å². The van der Waals surface area contributed by atoms with Crippen molar-refractivity contribution in [1.29, 1.82) is 5.41 Å². The maximum absolute atomic E-state index is 11.8. The van der Waals surface area contributed by atoms with Gasteiger partial charge in [-0.15, -0.1) is 0 Å². The molecular formula is C14H28N4O2. The van der Waals surface area contributed by atoms with Crippen molar-refractivity contribution in [3.05, 3.63) is 0 Å². The number of carbonyl (C=O) groups is 1. The van der Waals surface area contributed by atoms with E-state index in [-0.39, 0.29) is 24.1 Å². The molecule has 1 amide bonds. The SMILES string of the molecule is CCCCO[C@H]1[C@@H](NC(=O)CCC)CCCN1C(=N)N. The van der Waals surface area contributed by atoms with E-state index >= 15 is 0 Å². The molecule has 116 valence electrons. The summed E-state index contributed by atoms with van der Waals surface area (Å²) in [5, 5.41) is 10.7. The van der Waals surface area contributed by atoms with E-state index in [4.69, 9.17) is 15.9 Å². The summed E-state index contributed by atoms with van der Waals surface area (Å²) in [6, 6.07) is -0.0800. The highest BCUT2D eigenvalue weighted by Gasteiger charge is 2.33. The van der Waals surface area contributed by atoms with Gasteiger partial charge < -0.3 is 20.7 Å². The van der Waals surface area contributed by atoms with Crippen LogP contribution in [0.5, 0.6) is 0 Å². The van der Waals surface area contributed by atoms with Crippen LogP contribution in [0.15, 0.2) is 0 Å². The zero-order chi connectivity index (χ0) is 15.0. The van der Waals surface area contributed by atoms with Gasteiger partial charge in [-0.1, -0.05) is 20.3 Å². The molecular weight excluding hydrogens is 256 g/mol. The van der Waals surface area contributed by atoms with Crippen molar-refractivity contribution in [2.24, 2.45) is 5.73 Å². The number of nitrogens with two attached hydrogens (primary N) is 1. The summed E-state index contributed by atoms with van der Waals surface area (Å²) in [5.74, 6) is 0.0629. The van der Waals surface area contributed by atoms with Gasteiger partial charge in [-0.3, -0.25) is 10.2 Å². The number of rotatable bonds is 7. The fourth-order valence-electron chi connectivity index (χ4n) is 2.43. The van der Waals surface area contributed by atoms with Crippen molar-refractivity contribution in [2.75, 3.05) is 13.2 Å². The van der Waals surface area contributed by atoms with Crippen LogP contribution in [0.1, 0.15) is 52.4 Å². The summed E-state index contributed by atoms with van der Waals surface area (Å²) in [4.78, 5) is 13.5. The van der Waals surface area contributed by atoms with Crippen molar-refractivity contribution in [2.45, 2.75) is 64.6 Å². The van der Waals surface area contributed by atoms with Gasteiger partial charge in [-0.2, -0.15) is 0 Å². The second kappa shape index (κ2) is 8.79. The smallest absolute Gasteiger partial charge is 0.220 e. The minimum absolute atomic E-state index is 0.0148. The molecule has 0 spiro atoms. The van der Waals surface area contributed by atoms with Gasteiger partial charge in [0, 0.05) is 19.6 Å². The van der Waals surface area contributed by atoms with Crippen LogP contribution in [0.25, 0.3) is 0 Å². The van der Waals surface area contributed by atoms with Crippen LogP contribution < -0.4 is 11.1 Å². The standard InChI is InChI=1S/C14H28N4O2/c1-3-5-10-20-13-11(17-12(19)7-4-2)8-6-9-18(13)14(15)16/h11,13H,3-10H2,1-2H3,(H3,15,16)(H,17,19)/t11-,13-/m0/s1. The average Bonchev–Trinajstić information content (AvgIpc) is 2.40. The lowest BCUT2D eigenvalue weighted by Gasteiger charge is -2.41. The summed E-state index contributed by atoms with van der Waals surface area (Å²) in [6.07, 6.45) is 4.85. The minimum atomic E-state index is -0.311. The third kappa shape index (κ3) is 5.00. The van der Waals surface area contributed by atoms with Gasteiger partial charge >= 0.3 is 0 Å². The Kier molecular flexibility index (Phi) is 7.36. The molecule has 0 aromatic carbocycles. The molecule has 0 saturated carbocycles. The molecule has 0 unspecified atom stereocenters. The van der Waals surface area contributed by atoms with Gasteiger partial charge in [0.2, 0.25) is 5.91 Å². The second-order valence-corrected chi connectivity index (χ2v) is 5.26. The van der Waals surface area contributed by atoms with Crippen LogP contribution in [-0.2, 0) is 9.53 Å². The van der Waals surface area contributed by atoms with E-state index in [0.717, 1.165) is 32.1 Å². The van der Waals surface area contributed by atoms with Gasteiger partial charge in [0.15, 0.2) is 12.2 Å². The highest BCUT2D eigenvalue weighted by molar-refractivity contribution is 5.77. The van der Waals surface area contributed by atoms with Gasteiger partial charge in [0.05, 0.1) is 6.04 Å². The van der Waals surface area contributed by atoms with Gasteiger partial charge in [-0.25, -0.2) is 0 Å². The van der Waals surface area contributed by atoms with Crippen molar-refractivity contribution < 1.29 is 9.53 Å². The molecule has 4 N–H and O–H groups in total. The zero-order valence-corrected chi connectivity index (χ0v) is 12.7. The quantitative estimate of drug-likeness (QED) is 0.374. The first-order valence-corrected chi connectivity index (χ1v) is 7.61. The van der Waals surface area contributed by atoms with Crippen LogP contribution in [0.2, 0.25) is 0 Å². The lowest BCUT2D eigenvalue weighted by atomic mass is 10.0. The minimum Gasteiger partial charge on any atom is -0.370 e. The van der Waals surface area contributed by atoms with E-state index in [1.165, 1.54) is 0 Å². The predicted octanol–water partition coefficient (Wildman–Crippen LogP) is 1.40. The Morgan fingerprint density at radius 1 is 1.45 bits per heavy atom. The number of nitrogens with one attached hydrogen (secondary N) is 2. The molecule has 1 heterocycles. The van der Waals surface area contributed by atoms with Crippen LogP contribution in [0.3, 0.4) is 0 Å². The van der Waals surface area contributed by atoms with Gasteiger partial charge in [-0.05, 0) is 25.7 Å². The summed E-state index contributed by atoms with van der Waals surface area (Å²) in [7, 11) is 0. The lowest BCUT2D eigenvalue weighted by molar-refractivity contribution is -0.126. The summed E-state index contributed by atoms with van der Waals surface area (Å²) >= 11 is 0. The Balaban J connectivity index is 2.66. The molecule has 20 heavy (non-hydrogen) atoms. The van der Waals surface area contributed by atoms with Crippen molar-refractivity contribution in [3.63, 3.8) is 0 Å². The summed E-state index contributed by atoms with van der Waals surface area (Å²) < 4.78 is 5.88. The van der Waals surface area contributed by atoms with E-state index in [1.807, 2.05) is 6.92 Å². The number of piperidine rings is 1. The van der Waals surface area contributed by atoms with Crippen LogP contribution in [-0.4, -0.2) is 42.2 Å². The van der Waals surface area contributed by atoms with Gasteiger partial charge in [0.25, 0.3) is 0 Å². The molecule has 0 aromatic heterocycles. The Labute approximate surface area is 121 Å². The molecule has 1 rings (SSSR count). The number of nitrogens with zero attached hydrogens (tertiary/aromatic N) is 1. The normalized spacial score (nSPS) is 22.6. The van der Waals surface area contributed by atoms with Crippen LogP contribution in [0, 0.1) is 5.41 Å². The Morgan fingerprint density at radius 2 is 2.20 bits per heavy atom. The number of unbranched alkanes of at least 4 members (excludes halogenated alkanes) is 1. The fraction of sp³-hybridized carbons (Fsp3) is 0.857.